The number of anilines is 2. The van der Waals surface area contributed by atoms with Gasteiger partial charge < -0.3 is 20.9 Å². The van der Waals surface area contributed by atoms with E-state index in [9.17, 15) is 13.5 Å². The minimum absolute atomic E-state index is 0.0313. The molecule has 9 nitrogen and oxygen atoms in total. The summed E-state index contributed by atoms with van der Waals surface area (Å²) < 4.78 is 35.4. The van der Waals surface area contributed by atoms with Gasteiger partial charge in [0.25, 0.3) is 10.0 Å². The van der Waals surface area contributed by atoms with Crippen LogP contribution in [0, 0.1) is 0 Å². The van der Waals surface area contributed by atoms with Crippen molar-refractivity contribution in [3.05, 3.63) is 78.1 Å². The second-order valence-corrected chi connectivity index (χ2v) is 9.57. The van der Waals surface area contributed by atoms with Crippen molar-refractivity contribution in [2.45, 2.75) is 23.9 Å². The van der Waals surface area contributed by atoms with Crippen molar-refractivity contribution in [3.63, 3.8) is 0 Å². The number of hydrogen-bond donors (Lipinski definition) is 4. The molecule has 0 saturated heterocycles. The summed E-state index contributed by atoms with van der Waals surface area (Å²) in [7, 11) is -4.07. The molecule has 10 heteroatoms. The number of nitrogens with zero attached hydrogens (tertiary/aromatic N) is 2. The first-order valence-corrected chi connectivity index (χ1v) is 11.7. The summed E-state index contributed by atoms with van der Waals surface area (Å²) in [5.74, 6) is 0.482. The lowest BCUT2D eigenvalue weighted by Crippen LogP contribution is -2.56. The molecule has 5 N–H and O–H groups in total. The van der Waals surface area contributed by atoms with E-state index >= 15 is 0 Å². The van der Waals surface area contributed by atoms with Crippen LogP contribution in [0.25, 0.3) is 0 Å². The van der Waals surface area contributed by atoms with E-state index in [1.54, 1.807) is 42.5 Å². The highest BCUT2D eigenvalue weighted by Crippen LogP contribution is 2.36. The summed E-state index contributed by atoms with van der Waals surface area (Å²) in [6.07, 6.45) is 2.81. The Morgan fingerprint density at radius 2 is 1.81 bits per heavy atom. The third-order valence-corrected chi connectivity index (χ3v) is 7.24. The fraction of sp³-hybridized carbons (Fsp3) is 0.273. The van der Waals surface area contributed by atoms with Crippen molar-refractivity contribution >= 4 is 21.7 Å². The lowest BCUT2D eigenvalue weighted by Gasteiger charge is -2.38. The van der Waals surface area contributed by atoms with Gasteiger partial charge in [-0.2, -0.15) is 0 Å². The van der Waals surface area contributed by atoms with Crippen molar-refractivity contribution in [2.75, 3.05) is 23.5 Å². The minimum Gasteiger partial charge on any atom is -0.468 e. The summed E-state index contributed by atoms with van der Waals surface area (Å²) >= 11 is 0. The number of benzene rings is 2. The Labute approximate surface area is 186 Å². The molecule has 2 unspecified atom stereocenters. The van der Waals surface area contributed by atoms with E-state index < -0.39 is 21.1 Å². The minimum atomic E-state index is -4.07. The van der Waals surface area contributed by atoms with Crippen LogP contribution in [0.4, 0.5) is 11.6 Å². The van der Waals surface area contributed by atoms with E-state index in [2.05, 4.69) is 20.0 Å². The first kappa shape index (κ1) is 22.0. The molecule has 1 aliphatic heterocycles. The van der Waals surface area contributed by atoms with Crippen LogP contribution in [0.5, 0.6) is 5.75 Å². The van der Waals surface area contributed by atoms with Crippen LogP contribution < -0.4 is 20.5 Å². The van der Waals surface area contributed by atoms with Gasteiger partial charge in [0, 0.05) is 31.0 Å². The molecule has 1 aromatic heterocycles. The second kappa shape index (κ2) is 9.11. The predicted molar refractivity (Wildman–Crippen MR) is 121 cm³/mol. The number of ether oxygens (including phenoxy) is 1. The summed E-state index contributed by atoms with van der Waals surface area (Å²) in [4.78, 5) is 6.31. The molecular weight excluding hydrogens is 430 g/mol. The van der Waals surface area contributed by atoms with E-state index in [0.717, 1.165) is 5.56 Å². The van der Waals surface area contributed by atoms with Crippen LogP contribution in [0.3, 0.4) is 0 Å². The van der Waals surface area contributed by atoms with Crippen LogP contribution in [-0.4, -0.2) is 41.5 Å². The van der Waals surface area contributed by atoms with Crippen LogP contribution >= 0.6 is 0 Å². The highest BCUT2D eigenvalue weighted by atomic mass is 32.2. The van der Waals surface area contributed by atoms with Gasteiger partial charge in [0.05, 0.1) is 12.6 Å². The number of sulfonamides is 1. The molecule has 168 valence electrons. The normalized spacial score (nSPS) is 18.9. The molecular formula is C22H25N5O4S. The summed E-state index contributed by atoms with van der Waals surface area (Å²) in [6, 6.07) is 15.8. The van der Waals surface area contributed by atoms with Crippen LogP contribution in [-0.2, 0) is 16.4 Å². The fourth-order valence-corrected chi connectivity index (χ4v) is 4.99. The zero-order chi connectivity index (χ0) is 22.6. The average Bonchev–Trinajstić information content (AvgIpc) is 2.79. The average molecular weight is 456 g/mol. The zero-order valence-corrected chi connectivity index (χ0v) is 18.1. The Bertz CT molecular complexity index is 1160. The lowest BCUT2D eigenvalue weighted by atomic mass is 10.0. The van der Waals surface area contributed by atoms with Crippen LogP contribution in [0.1, 0.15) is 23.7 Å². The molecule has 0 spiro atoms. The summed E-state index contributed by atoms with van der Waals surface area (Å²) in [5, 5.41) is 13.6. The second-order valence-electron chi connectivity index (χ2n) is 7.61. The van der Waals surface area contributed by atoms with Gasteiger partial charge >= 0.3 is 0 Å². The molecule has 0 saturated carbocycles. The number of aliphatic hydroxyl groups is 1. The Morgan fingerprint density at radius 1 is 1.09 bits per heavy atom. The molecule has 0 aliphatic carbocycles. The maximum Gasteiger partial charge on any atom is 0.277 e. The number of para-hydroxylation sites is 1. The van der Waals surface area contributed by atoms with Gasteiger partial charge in [-0.15, -0.1) is 0 Å². The van der Waals surface area contributed by atoms with Crippen molar-refractivity contribution in [1.82, 2.24) is 15.3 Å². The SMILES string of the molecule is Nc1ccc(C(O)CNCC2(S(=O)(=O)Nc3ncccn3)CCc3ccccc3O2)cc1. The fourth-order valence-electron chi connectivity index (χ4n) is 3.60. The third-order valence-electron chi connectivity index (χ3n) is 5.38. The molecule has 0 amide bonds. The van der Waals surface area contributed by atoms with Crippen molar-refractivity contribution in [2.24, 2.45) is 0 Å². The van der Waals surface area contributed by atoms with Crippen molar-refractivity contribution < 1.29 is 18.3 Å². The molecule has 1 aliphatic rings. The van der Waals surface area contributed by atoms with Crippen LogP contribution in [0.15, 0.2) is 67.0 Å². The molecule has 32 heavy (non-hydrogen) atoms. The number of rotatable bonds is 8. The monoisotopic (exact) mass is 455 g/mol. The highest BCUT2D eigenvalue weighted by molar-refractivity contribution is 7.94. The predicted octanol–water partition coefficient (Wildman–Crippen LogP) is 1.85. The third kappa shape index (κ3) is 4.67. The van der Waals surface area contributed by atoms with Gasteiger partial charge in [0.2, 0.25) is 10.9 Å². The van der Waals surface area contributed by atoms with Crippen LogP contribution in [0.2, 0.25) is 0 Å². The first-order valence-electron chi connectivity index (χ1n) is 10.2. The van der Waals surface area contributed by atoms with Crippen molar-refractivity contribution in [1.29, 1.82) is 0 Å². The van der Waals surface area contributed by atoms with Crippen molar-refractivity contribution in [3.8, 4) is 5.75 Å². The van der Waals surface area contributed by atoms with Gasteiger partial charge in [-0.1, -0.05) is 30.3 Å². The summed E-state index contributed by atoms with van der Waals surface area (Å²) in [5.41, 5.74) is 7.91. The topological polar surface area (TPSA) is 139 Å². The Hall–Kier alpha value is -3.21. The Morgan fingerprint density at radius 3 is 2.56 bits per heavy atom. The maximum absolute atomic E-state index is 13.4. The molecule has 2 aromatic carbocycles. The number of aryl methyl sites for hydroxylation is 1. The van der Waals surface area contributed by atoms with Gasteiger partial charge in [-0.25, -0.2) is 23.1 Å². The standard InChI is InChI=1S/C22H25N5O4S/c23-18-8-6-16(7-9-18)19(28)14-24-15-22(11-10-17-4-1-2-5-20(17)31-22)32(29,30)27-21-25-12-3-13-26-21/h1-9,12-13,19,24,28H,10-11,14-15,23H2,(H,25,26,27). The van der Waals surface area contributed by atoms with E-state index in [-0.39, 0.29) is 25.5 Å². The Kier molecular flexibility index (Phi) is 6.26. The maximum atomic E-state index is 13.4. The molecule has 0 radical (unpaired) electrons. The smallest absolute Gasteiger partial charge is 0.277 e. The molecule has 0 bridgehead atoms. The highest BCUT2D eigenvalue weighted by Gasteiger charge is 2.49. The van der Waals surface area contributed by atoms with Gasteiger partial charge in [0.1, 0.15) is 5.75 Å². The number of nitrogens with one attached hydrogen (secondary N) is 2. The Balaban J connectivity index is 1.55. The quantitative estimate of drug-likeness (QED) is 0.377. The molecule has 4 rings (SSSR count). The van der Waals surface area contributed by atoms with E-state index in [4.69, 9.17) is 10.5 Å². The summed E-state index contributed by atoms with van der Waals surface area (Å²) in [6.45, 7) is 0.0869. The number of nitrogen functional groups attached to an aromatic ring is 1. The first-order chi connectivity index (χ1) is 15.4. The number of aromatic nitrogens is 2. The number of aliphatic hydroxyl groups excluding tert-OH is 1. The number of hydrogen-bond acceptors (Lipinski definition) is 8. The lowest BCUT2D eigenvalue weighted by molar-refractivity contribution is 0.114. The molecule has 2 atom stereocenters. The van der Waals surface area contributed by atoms with Gasteiger partial charge in [0.15, 0.2) is 0 Å². The molecule has 3 aromatic rings. The largest absolute Gasteiger partial charge is 0.468 e. The molecule has 2 heterocycles. The zero-order valence-electron chi connectivity index (χ0n) is 17.3. The van der Waals surface area contributed by atoms with Gasteiger partial charge in [-0.05, 0) is 41.8 Å². The molecule has 0 fully saturated rings. The number of nitrogens with two attached hydrogens (primary N) is 1. The van der Waals surface area contributed by atoms with E-state index in [0.29, 0.717) is 23.4 Å². The van der Waals surface area contributed by atoms with Gasteiger partial charge in [-0.3, -0.25) is 0 Å². The number of fused-ring (bicyclic) bond motifs is 1. The van der Waals surface area contributed by atoms with E-state index in [1.165, 1.54) is 12.4 Å². The van der Waals surface area contributed by atoms with E-state index in [1.807, 2.05) is 12.1 Å².